The molecule has 24 heavy (non-hydrogen) atoms. The van der Waals surface area contributed by atoms with Crippen molar-refractivity contribution >= 4 is 11.4 Å². The molecule has 128 valence electrons. The lowest BCUT2D eigenvalue weighted by atomic mass is 10.1. The van der Waals surface area contributed by atoms with E-state index in [1.807, 2.05) is 19.1 Å². The second-order valence-electron chi connectivity index (χ2n) is 5.27. The first-order chi connectivity index (χ1) is 11.2. The summed E-state index contributed by atoms with van der Waals surface area (Å²) in [6, 6.07) is 7.01. The zero-order valence-corrected chi connectivity index (χ0v) is 13.4. The third-order valence-corrected chi connectivity index (χ3v) is 3.19. The van der Waals surface area contributed by atoms with E-state index in [0.717, 1.165) is 22.9 Å². The Morgan fingerprint density at radius 2 is 1.88 bits per heavy atom. The first-order valence-corrected chi connectivity index (χ1v) is 7.12. The van der Waals surface area contributed by atoms with E-state index in [-0.39, 0.29) is 5.82 Å². The fourth-order valence-electron chi connectivity index (χ4n) is 2.03. The van der Waals surface area contributed by atoms with Crippen molar-refractivity contribution in [2.75, 3.05) is 14.1 Å². The number of tetrazole rings is 1. The molecule has 1 heterocycles. The van der Waals surface area contributed by atoms with Gasteiger partial charge >= 0.3 is 6.18 Å². The molecule has 0 saturated carbocycles. The summed E-state index contributed by atoms with van der Waals surface area (Å²) < 4.78 is 39.8. The maximum absolute atomic E-state index is 12.9. The molecule has 0 atom stereocenters. The molecule has 2 aromatic rings. The fraction of sp³-hybridized carbons (Fsp3) is 0.333. The van der Waals surface area contributed by atoms with E-state index >= 15 is 0 Å². The maximum atomic E-state index is 12.9. The summed E-state index contributed by atoms with van der Waals surface area (Å²) in [4.78, 5) is 13.1. The largest absolute Gasteiger partial charge is 0.455 e. The number of allylic oxidation sites excluding steroid dienone is 1. The predicted octanol–water partition coefficient (Wildman–Crippen LogP) is 2.26. The van der Waals surface area contributed by atoms with Crippen LogP contribution in [0.15, 0.2) is 30.5 Å². The highest BCUT2D eigenvalue weighted by atomic mass is 19.4. The average Bonchev–Trinajstić information content (AvgIpc) is 3.00. The van der Waals surface area contributed by atoms with Crippen LogP contribution in [0.5, 0.6) is 0 Å². The number of ketones is 1. The van der Waals surface area contributed by atoms with Crippen molar-refractivity contribution in [1.29, 1.82) is 0 Å². The molecule has 0 saturated heterocycles. The van der Waals surface area contributed by atoms with E-state index in [9.17, 15) is 18.0 Å². The number of aryl methyl sites for hydroxylation is 1. The zero-order valence-electron chi connectivity index (χ0n) is 13.4. The number of Topliss-reactive ketones (excluding diaryl/α,β-unsaturated/α-hetero) is 1. The van der Waals surface area contributed by atoms with Crippen LogP contribution in [-0.4, -0.2) is 51.2 Å². The summed E-state index contributed by atoms with van der Waals surface area (Å²) in [6.45, 7) is 1.98. The summed E-state index contributed by atoms with van der Waals surface area (Å²) >= 11 is 0. The van der Waals surface area contributed by atoms with Crippen molar-refractivity contribution in [3.63, 3.8) is 0 Å². The molecule has 0 spiro atoms. The molecule has 0 amide bonds. The van der Waals surface area contributed by atoms with Gasteiger partial charge in [0.05, 0.1) is 11.3 Å². The number of halogens is 3. The Balaban J connectivity index is 2.53. The molecule has 0 fully saturated rings. The van der Waals surface area contributed by atoms with Crippen LogP contribution in [0.1, 0.15) is 18.3 Å². The molecule has 0 bridgehead atoms. The predicted molar refractivity (Wildman–Crippen MR) is 81.3 cm³/mol. The highest BCUT2D eigenvalue weighted by molar-refractivity contribution is 6.22. The van der Waals surface area contributed by atoms with Crippen LogP contribution in [0.4, 0.5) is 13.2 Å². The number of alkyl halides is 3. The van der Waals surface area contributed by atoms with E-state index in [0.29, 0.717) is 5.69 Å². The second kappa shape index (κ2) is 6.81. The van der Waals surface area contributed by atoms with Gasteiger partial charge < -0.3 is 4.90 Å². The molecule has 0 aliphatic heterocycles. The lowest BCUT2D eigenvalue weighted by Gasteiger charge is -2.13. The first-order valence-electron chi connectivity index (χ1n) is 7.12. The minimum Gasteiger partial charge on any atom is -0.383 e. The minimum absolute atomic E-state index is 0.268. The number of benzene rings is 1. The molecule has 2 rings (SSSR count). The topological polar surface area (TPSA) is 63.9 Å². The average molecular weight is 339 g/mol. The molecule has 0 N–H and O–H groups in total. The van der Waals surface area contributed by atoms with Crippen molar-refractivity contribution in [3.05, 3.63) is 41.9 Å². The Morgan fingerprint density at radius 3 is 2.38 bits per heavy atom. The Kier molecular flexibility index (Phi) is 5.01. The standard InChI is InChI=1S/C15H16F3N5O/c1-4-10-5-7-11(8-6-10)23-14(19-20-21-23)12(9-22(2)3)13(24)15(16,17)18/h5-9H,4H2,1-3H3. The number of hydrogen-bond donors (Lipinski definition) is 0. The summed E-state index contributed by atoms with van der Waals surface area (Å²) in [6.07, 6.45) is -3.15. The number of carbonyl (C=O) groups excluding carboxylic acids is 1. The highest BCUT2D eigenvalue weighted by Gasteiger charge is 2.43. The zero-order chi connectivity index (χ0) is 17.9. The van der Waals surface area contributed by atoms with Gasteiger partial charge in [0.1, 0.15) is 0 Å². The number of nitrogens with zero attached hydrogens (tertiary/aromatic N) is 5. The van der Waals surface area contributed by atoms with Gasteiger partial charge in [-0.1, -0.05) is 19.1 Å². The maximum Gasteiger partial charge on any atom is 0.455 e. The van der Waals surface area contributed by atoms with Crippen LogP contribution in [-0.2, 0) is 11.2 Å². The highest BCUT2D eigenvalue weighted by Crippen LogP contribution is 2.27. The molecule has 1 aromatic carbocycles. The van der Waals surface area contributed by atoms with Crippen LogP contribution in [0, 0.1) is 0 Å². The molecule has 9 heteroatoms. The van der Waals surface area contributed by atoms with E-state index in [2.05, 4.69) is 15.5 Å². The van der Waals surface area contributed by atoms with Crippen LogP contribution in [0.2, 0.25) is 0 Å². The number of aromatic nitrogens is 4. The van der Waals surface area contributed by atoms with Gasteiger partial charge in [0.15, 0.2) is 5.82 Å². The second-order valence-corrected chi connectivity index (χ2v) is 5.27. The number of rotatable bonds is 5. The SMILES string of the molecule is CCc1ccc(-n2nnnc2C(=CN(C)C)C(=O)C(F)(F)F)cc1. The van der Waals surface area contributed by atoms with Crippen LogP contribution in [0.25, 0.3) is 11.3 Å². The summed E-state index contributed by atoms with van der Waals surface area (Å²) in [5.41, 5.74) is 0.896. The molecule has 0 radical (unpaired) electrons. The van der Waals surface area contributed by atoms with Crippen LogP contribution < -0.4 is 0 Å². The normalized spacial score (nSPS) is 12.3. The van der Waals surface area contributed by atoms with Gasteiger partial charge in [-0.05, 0) is 34.5 Å². The van der Waals surface area contributed by atoms with Gasteiger partial charge in [-0.15, -0.1) is 5.10 Å². The molecule has 1 aromatic heterocycles. The Hall–Kier alpha value is -2.71. The summed E-state index contributed by atoms with van der Waals surface area (Å²) in [5, 5.41) is 10.7. The molecule has 0 aliphatic rings. The van der Waals surface area contributed by atoms with E-state index in [1.54, 1.807) is 12.1 Å². The molecular weight excluding hydrogens is 323 g/mol. The molecule has 0 unspecified atom stereocenters. The van der Waals surface area contributed by atoms with Crippen molar-refractivity contribution in [2.45, 2.75) is 19.5 Å². The summed E-state index contributed by atoms with van der Waals surface area (Å²) in [7, 11) is 3.02. The number of hydrogen-bond acceptors (Lipinski definition) is 5. The minimum atomic E-state index is -5.02. The van der Waals surface area contributed by atoms with Crippen molar-refractivity contribution < 1.29 is 18.0 Å². The number of carbonyl (C=O) groups is 1. The lowest BCUT2D eigenvalue weighted by Crippen LogP contribution is -2.26. The Labute approximate surface area is 136 Å². The van der Waals surface area contributed by atoms with Gasteiger partial charge in [0, 0.05) is 20.3 Å². The Morgan fingerprint density at radius 1 is 1.25 bits per heavy atom. The third-order valence-electron chi connectivity index (χ3n) is 3.19. The quantitative estimate of drug-likeness (QED) is 0.782. The summed E-state index contributed by atoms with van der Waals surface area (Å²) in [5.74, 6) is -2.27. The fourth-order valence-corrected chi connectivity index (χ4v) is 2.03. The van der Waals surface area contributed by atoms with E-state index in [4.69, 9.17) is 0 Å². The Bertz CT molecular complexity index is 747. The van der Waals surface area contributed by atoms with Gasteiger partial charge in [-0.2, -0.15) is 17.9 Å². The van der Waals surface area contributed by atoms with Gasteiger partial charge in [0.25, 0.3) is 5.78 Å². The van der Waals surface area contributed by atoms with Crippen molar-refractivity contribution in [1.82, 2.24) is 25.1 Å². The lowest BCUT2D eigenvalue weighted by molar-refractivity contribution is -0.164. The van der Waals surface area contributed by atoms with E-state index in [1.165, 1.54) is 19.0 Å². The van der Waals surface area contributed by atoms with Gasteiger partial charge in [0.2, 0.25) is 0 Å². The van der Waals surface area contributed by atoms with Gasteiger partial charge in [-0.25, -0.2) is 0 Å². The molecule has 0 aliphatic carbocycles. The van der Waals surface area contributed by atoms with Crippen molar-refractivity contribution in [3.8, 4) is 5.69 Å². The molecule has 6 nitrogen and oxygen atoms in total. The monoisotopic (exact) mass is 339 g/mol. The van der Waals surface area contributed by atoms with Crippen molar-refractivity contribution in [2.24, 2.45) is 0 Å². The van der Waals surface area contributed by atoms with Gasteiger partial charge in [-0.3, -0.25) is 4.79 Å². The van der Waals surface area contributed by atoms with Crippen LogP contribution in [0.3, 0.4) is 0 Å². The molecular formula is C15H16F3N5O. The van der Waals surface area contributed by atoms with Crippen LogP contribution >= 0.6 is 0 Å². The smallest absolute Gasteiger partial charge is 0.383 e. The first kappa shape index (κ1) is 17.6. The van der Waals surface area contributed by atoms with E-state index < -0.39 is 17.5 Å². The third kappa shape index (κ3) is 3.79.